The second-order valence-electron chi connectivity index (χ2n) is 5.68. The first kappa shape index (κ1) is 18.5. The summed E-state index contributed by atoms with van der Waals surface area (Å²) in [4.78, 5) is 15.0. The number of carbonyl (C=O) groups is 1. The van der Waals surface area contributed by atoms with Crippen LogP contribution in [0.15, 0.2) is 53.4 Å². The lowest BCUT2D eigenvalue weighted by atomic mass is 10.1. The quantitative estimate of drug-likeness (QED) is 0.552. The maximum atomic E-state index is 12.7. The third-order valence-corrected chi connectivity index (χ3v) is 5.45. The molecule has 2 aromatic carbocycles. The molecule has 0 atom stereocenters. The third-order valence-electron chi connectivity index (χ3n) is 4.07. The van der Waals surface area contributed by atoms with Gasteiger partial charge in [-0.05, 0) is 30.2 Å². The molecule has 1 heterocycles. The highest BCUT2D eigenvalue weighted by atomic mass is 32.2. The summed E-state index contributed by atoms with van der Waals surface area (Å²) >= 11 is 6.73. The molecule has 6 heteroatoms. The molecule has 0 saturated carbocycles. The third kappa shape index (κ3) is 4.08. The monoisotopic (exact) mass is 385 g/mol. The predicted octanol–water partition coefficient (Wildman–Crippen LogP) is 4.15. The van der Waals surface area contributed by atoms with Gasteiger partial charge in [-0.25, -0.2) is 0 Å². The lowest BCUT2D eigenvalue weighted by molar-refractivity contribution is -0.122. The predicted molar refractivity (Wildman–Crippen MR) is 110 cm³/mol. The van der Waals surface area contributed by atoms with Crippen LogP contribution < -0.4 is 9.47 Å². The standard InChI is InChI=1S/C20H19NO3S2/c1-23-16-9-8-15(17(13-16)24-2)12-18-19(22)21(20(25)26-18)11-10-14-6-4-3-5-7-14/h3-9,12-13H,10-11H2,1-2H3. The van der Waals surface area contributed by atoms with Crippen molar-refractivity contribution in [3.05, 3.63) is 64.6 Å². The molecule has 1 amide bonds. The van der Waals surface area contributed by atoms with Gasteiger partial charge in [0.2, 0.25) is 0 Å². The van der Waals surface area contributed by atoms with Crippen LogP contribution in [0.2, 0.25) is 0 Å². The van der Waals surface area contributed by atoms with E-state index in [4.69, 9.17) is 21.7 Å². The number of benzene rings is 2. The molecule has 1 aliphatic heterocycles. The van der Waals surface area contributed by atoms with Gasteiger partial charge in [0, 0.05) is 18.2 Å². The van der Waals surface area contributed by atoms with E-state index in [-0.39, 0.29) is 5.91 Å². The Morgan fingerprint density at radius 1 is 1.12 bits per heavy atom. The SMILES string of the molecule is COc1ccc(C=C2SC(=S)N(CCc3ccccc3)C2=O)c(OC)c1. The fourth-order valence-corrected chi connectivity index (χ4v) is 3.96. The molecule has 134 valence electrons. The second-order valence-corrected chi connectivity index (χ2v) is 7.35. The summed E-state index contributed by atoms with van der Waals surface area (Å²) in [6, 6.07) is 15.6. The minimum atomic E-state index is -0.0613. The zero-order valence-corrected chi connectivity index (χ0v) is 16.2. The molecule has 0 radical (unpaired) electrons. The van der Waals surface area contributed by atoms with Gasteiger partial charge in [0.05, 0.1) is 19.1 Å². The van der Waals surface area contributed by atoms with Crippen molar-refractivity contribution in [2.75, 3.05) is 20.8 Å². The summed E-state index contributed by atoms with van der Waals surface area (Å²) in [6.07, 6.45) is 2.59. The Bertz CT molecular complexity index is 849. The van der Waals surface area contributed by atoms with Crippen molar-refractivity contribution in [1.29, 1.82) is 0 Å². The van der Waals surface area contributed by atoms with E-state index < -0.39 is 0 Å². The van der Waals surface area contributed by atoms with Gasteiger partial charge in [-0.3, -0.25) is 9.69 Å². The van der Waals surface area contributed by atoms with Crippen LogP contribution in [0.25, 0.3) is 6.08 Å². The van der Waals surface area contributed by atoms with Crippen LogP contribution in [0.5, 0.6) is 11.5 Å². The molecule has 0 aliphatic carbocycles. The summed E-state index contributed by atoms with van der Waals surface area (Å²) < 4.78 is 11.2. The Kier molecular flexibility index (Phi) is 5.96. The molecule has 0 aromatic heterocycles. The molecular formula is C20H19NO3S2. The zero-order chi connectivity index (χ0) is 18.5. The Morgan fingerprint density at radius 3 is 2.58 bits per heavy atom. The maximum absolute atomic E-state index is 12.7. The van der Waals surface area contributed by atoms with E-state index in [0.717, 1.165) is 12.0 Å². The molecule has 2 aromatic rings. The number of hydrogen-bond donors (Lipinski definition) is 0. The van der Waals surface area contributed by atoms with Gasteiger partial charge in [0.1, 0.15) is 15.8 Å². The smallest absolute Gasteiger partial charge is 0.266 e. The summed E-state index contributed by atoms with van der Waals surface area (Å²) in [5, 5.41) is 0. The number of rotatable bonds is 6. The Hall–Kier alpha value is -2.31. The molecule has 3 rings (SSSR count). The maximum Gasteiger partial charge on any atom is 0.266 e. The van der Waals surface area contributed by atoms with Gasteiger partial charge in [-0.1, -0.05) is 54.3 Å². The fourth-order valence-electron chi connectivity index (χ4n) is 2.66. The normalized spacial score (nSPS) is 15.6. The van der Waals surface area contributed by atoms with Gasteiger partial charge in [-0.2, -0.15) is 0 Å². The van der Waals surface area contributed by atoms with Gasteiger partial charge in [-0.15, -0.1) is 0 Å². The summed E-state index contributed by atoms with van der Waals surface area (Å²) in [7, 11) is 3.20. The van der Waals surface area contributed by atoms with E-state index >= 15 is 0 Å². The van der Waals surface area contributed by atoms with Crippen LogP contribution >= 0.6 is 24.0 Å². The van der Waals surface area contributed by atoms with E-state index in [1.54, 1.807) is 25.2 Å². The van der Waals surface area contributed by atoms with E-state index in [1.165, 1.54) is 17.3 Å². The second kappa shape index (κ2) is 8.38. The minimum absolute atomic E-state index is 0.0613. The highest BCUT2D eigenvalue weighted by molar-refractivity contribution is 8.26. The highest BCUT2D eigenvalue weighted by Crippen LogP contribution is 2.35. The van der Waals surface area contributed by atoms with Crippen LogP contribution in [0.3, 0.4) is 0 Å². The molecule has 1 fully saturated rings. The molecule has 4 nitrogen and oxygen atoms in total. The number of carbonyl (C=O) groups excluding carboxylic acids is 1. The van der Waals surface area contributed by atoms with Crippen molar-refractivity contribution < 1.29 is 14.3 Å². The van der Waals surface area contributed by atoms with Crippen molar-refractivity contribution in [3.63, 3.8) is 0 Å². The number of amides is 1. The average molecular weight is 386 g/mol. The van der Waals surface area contributed by atoms with Gasteiger partial charge in [0.25, 0.3) is 5.91 Å². The Labute approximate surface area is 162 Å². The van der Waals surface area contributed by atoms with Gasteiger partial charge >= 0.3 is 0 Å². The minimum Gasteiger partial charge on any atom is -0.497 e. The lowest BCUT2D eigenvalue weighted by Crippen LogP contribution is -2.30. The molecule has 1 aliphatic rings. The van der Waals surface area contributed by atoms with Crippen molar-refractivity contribution >= 4 is 40.3 Å². The van der Waals surface area contributed by atoms with Crippen molar-refractivity contribution in [1.82, 2.24) is 4.90 Å². The summed E-state index contributed by atoms with van der Waals surface area (Å²) in [6.45, 7) is 0.575. The van der Waals surface area contributed by atoms with E-state index in [2.05, 4.69) is 12.1 Å². The van der Waals surface area contributed by atoms with Crippen LogP contribution in [-0.4, -0.2) is 35.9 Å². The summed E-state index contributed by atoms with van der Waals surface area (Å²) in [5.74, 6) is 1.29. The van der Waals surface area contributed by atoms with Crippen molar-refractivity contribution in [2.24, 2.45) is 0 Å². The number of hydrogen-bond acceptors (Lipinski definition) is 5. The largest absolute Gasteiger partial charge is 0.497 e. The topological polar surface area (TPSA) is 38.8 Å². The fraction of sp³-hybridized carbons (Fsp3) is 0.200. The number of thioether (sulfide) groups is 1. The van der Waals surface area contributed by atoms with E-state index in [9.17, 15) is 4.79 Å². The number of nitrogens with zero attached hydrogens (tertiary/aromatic N) is 1. The van der Waals surface area contributed by atoms with Crippen LogP contribution in [0, 0.1) is 0 Å². The van der Waals surface area contributed by atoms with Crippen molar-refractivity contribution in [3.8, 4) is 11.5 Å². The van der Waals surface area contributed by atoms with Crippen molar-refractivity contribution in [2.45, 2.75) is 6.42 Å². The zero-order valence-electron chi connectivity index (χ0n) is 14.6. The van der Waals surface area contributed by atoms with Crippen LogP contribution in [0.4, 0.5) is 0 Å². The average Bonchev–Trinajstić information content (AvgIpc) is 2.94. The molecule has 0 spiro atoms. The first-order valence-electron chi connectivity index (χ1n) is 8.13. The number of methoxy groups -OCH3 is 2. The Balaban J connectivity index is 1.77. The van der Waals surface area contributed by atoms with E-state index in [1.807, 2.05) is 36.4 Å². The van der Waals surface area contributed by atoms with Gasteiger partial charge < -0.3 is 9.47 Å². The Morgan fingerprint density at radius 2 is 1.88 bits per heavy atom. The van der Waals surface area contributed by atoms with Gasteiger partial charge in [0.15, 0.2) is 0 Å². The summed E-state index contributed by atoms with van der Waals surface area (Å²) in [5.41, 5.74) is 2.00. The number of ether oxygens (including phenoxy) is 2. The molecule has 0 bridgehead atoms. The molecule has 1 saturated heterocycles. The molecule has 26 heavy (non-hydrogen) atoms. The molecule has 0 N–H and O–H groups in total. The first-order valence-corrected chi connectivity index (χ1v) is 9.36. The van der Waals surface area contributed by atoms with E-state index in [0.29, 0.717) is 27.3 Å². The number of thiocarbonyl (C=S) groups is 1. The van der Waals surface area contributed by atoms with Crippen LogP contribution in [-0.2, 0) is 11.2 Å². The van der Waals surface area contributed by atoms with Crippen LogP contribution in [0.1, 0.15) is 11.1 Å². The molecular weight excluding hydrogens is 366 g/mol. The molecule has 0 unspecified atom stereocenters. The first-order chi connectivity index (χ1) is 12.6. The lowest BCUT2D eigenvalue weighted by Gasteiger charge is -2.14. The highest BCUT2D eigenvalue weighted by Gasteiger charge is 2.31.